The average Bonchev–Trinajstić information content (AvgIpc) is 2.68. The molecule has 0 aromatic heterocycles. The number of rotatable bonds is 10. The Morgan fingerprint density at radius 1 is 0.586 bits per heavy atom. The second kappa shape index (κ2) is 10.3. The van der Waals surface area contributed by atoms with E-state index in [-0.39, 0.29) is 29.5 Å². The Morgan fingerprint density at radius 2 is 0.897 bits per heavy atom. The lowest BCUT2D eigenvalue weighted by molar-refractivity contribution is -0.212. The van der Waals surface area contributed by atoms with Gasteiger partial charge in [0.25, 0.3) is 0 Å². The molecule has 2 saturated carbocycles. The van der Waals surface area contributed by atoms with Gasteiger partial charge >= 0.3 is 0 Å². The molecule has 2 unspecified atom stereocenters. The number of hydrogen-bond donors (Lipinski definition) is 0. The predicted octanol–water partition coefficient (Wildman–Crippen LogP) is 7.15. The van der Waals surface area contributed by atoms with Crippen molar-refractivity contribution in [2.75, 3.05) is 0 Å². The van der Waals surface area contributed by atoms with E-state index in [0.29, 0.717) is 10.8 Å². The van der Waals surface area contributed by atoms with Crippen LogP contribution in [0.5, 0.6) is 0 Å². The van der Waals surface area contributed by atoms with Crippen molar-refractivity contribution in [3.63, 3.8) is 0 Å². The van der Waals surface area contributed by atoms with E-state index in [2.05, 4.69) is 55.4 Å². The van der Waals surface area contributed by atoms with Crippen LogP contribution >= 0.6 is 0 Å². The van der Waals surface area contributed by atoms with Gasteiger partial charge in [-0.2, -0.15) is 0 Å². The Labute approximate surface area is 188 Å². The van der Waals surface area contributed by atoms with Gasteiger partial charge in [0, 0.05) is 0 Å². The third-order valence-electron chi connectivity index (χ3n) is 9.48. The van der Waals surface area contributed by atoms with Crippen molar-refractivity contribution in [1.29, 1.82) is 0 Å². The fourth-order valence-electron chi connectivity index (χ4n) is 7.96. The van der Waals surface area contributed by atoms with Gasteiger partial charge in [-0.3, -0.25) is 0 Å². The highest BCUT2D eigenvalue weighted by Crippen LogP contribution is 2.59. The van der Waals surface area contributed by atoms with E-state index in [9.17, 15) is 0 Å². The lowest BCUT2D eigenvalue weighted by Crippen LogP contribution is -2.67. The van der Waals surface area contributed by atoms with E-state index >= 15 is 0 Å². The second-order valence-corrected chi connectivity index (χ2v) is 18.0. The van der Waals surface area contributed by atoms with Gasteiger partial charge < -0.3 is 4.74 Å². The summed E-state index contributed by atoms with van der Waals surface area (Å²) in [6, 6.07) is 0. The summed E-state index contributed by atoms with van der Waals surface area (Å²) >= 11 is 0. The second-order valence-electron chi connectivity index (χ2n) is 11.7. The molecular formula is C26H54OSi2. The molecule has 2 atom stereocenters. The Balaban J connectivity index is 2.62. The van der Waals surface area contributed by atoms with Crippen molar-refractivity contribution in [3.05, 3.63) is 0 Å². The summed E-state index contributed by atoms with van der Waals surface area (Å²) in [5, 5.41) is 0.496. The normalized spacial score (nSPS) is 32.9. The smallest absolute Gasteiger partial charge is 0.0628 e. The van der Waals surface area contributed by atoms with Gasteiger partial charge in [-0.15, -0.1) is 0 Å². The molecule has 0 aliphatic heterocycles. The molecule has 2 rings (SSSR count). The molecule has 3 heteroatoms. The zero-order chi connectivity index (χ0) is 21.8. The molecule has 2 fully saturated rings. The van der Waals surface area contributed by atoms with Crippen LogP contribution in [0.1, 0.15) is 132 Å². The van der Waals surface area contributed by atoms with Gasteiger partial charge in [-0.1, -0.05) is 92.2 Å². The Morgan fingerprint density at radius 3 is 1.17 bits per heavy atom. The maximum Gasteiger partial charge on any atom is 0.0628 e. The molecular weight excluding hydrogens is 384 g/mol. The molecule has 0 amide bonds. The number of ether oxygens (including phenoxy) is 1. The van der Waals surface area contributed by atoms with Crippen LogP contribution in [0, 0.1) is 10.8 Å². The van der Waals surface area contributed by atoms with E-state index in [0.717, 1.165) is 11.1 Å². The molecule has 0 saturated heterocycles. The SMILES string of the molecule is CCC1(CC)CCCCC1(OC1([SiH2]C(C)C)CCCCC1(CC)CC)[SiH2]C(C)C. The minimum atomic E-state index is -0.312. The first kappa shape index (κ1) is 25.7. The first-order valence-electron chi connectivity index (χ1n) is 13.4. The van der Waals surface area contributed by atoms with Crippen LogP contribution in [0.3, 0.4) is 0 Å². The lowest BCUT2D eigenvalue weighted by atomic mass is 9.65. The first-order chi connectivity index (χ1) is 13.7. The van der Waals surface area contributed by atoms with E-state index < -0.39 is 0 Å². The van der Waals surface area contributed by atoms with Crippen LogP contribution in [-0.2, 0) is 4.74 Å². The van der Waals surface area contributed by atoms with E-state index in [1.807, 2.05) is 0 Å². The maximum absolute atomic E-state index is 8.05. The quantitative estimate of drug-likeness (QED) is 0.329. The van der Waals surface area contributed by atoms with Crippen LogP contribution < -0.4 is 0 Å². The third kappa shape index (κ3) is 4.77. The molecule has 0 spiro atoms. The first-order valence-corrected chi connectivity index (χ1v) is 16.4. The van der Waals surface area contributed by atoms with Gasteiger partial charge in [0.2, 0.25) is 0 Å². The van der Waals surface area contributed by atoms with Gasteiger partial charge in [-0.25, -0.2) is 0 Å². The molecule has 1 nitrogen and oxygen atoms in total. The van der Waals surface area contributed by atoms with Crippen molar-refractivity contribution in [2.24, 2.45) is 10.8 Å². The summed E-state index contributed by atoms with van der Waals surface area (Å²) in [6.45, 7) is 20.0. The van der Waals surface area contributed by atoms with Crippen LogP contribution in [0.2, 0.25) is 11.1 Å². The molecule has 0 bridgehead atoms. The molecule has 172 valence electrons. The van der Waals surface area contributed by atoms with E-state index in [1.165, 1.54) is 77.0 Å². The van der Waals surface area contributed by atoms with Crippen molar-refractivity contribution < 1.29 is 4.74 Å². The van der Waals surface area contributed by atoms with Crippen LogP contribution in [0.15, 0.2) is 0 Å². The van der Waals surface area contributed by atoms with Crippen molar-refractivity contribution >= 4 is 19.0 Å². The Bertz CT molecular complexity index is 451. The Hall–Kier alpha value is 0.394. The fourth-order valence-corrected chi connectivity index (χ4v) is 14.7. The highest BCUT2D eigenvalue weighted by atomic mass is 28.2. The van der Waals surface area contributed by atoms with Crippen LogP contribution in [0.4, 0.5) is 0 Å². The van der Waals surface area contributed by atoms with Crippen molar-refractivity contribution in [3.8, 4) is 0 Å². The van der Waals surface area contributed by atoms with Crippen LogP contribution in [-0.4, -0.2) is 29.5 Å². The van der Waals surface area contributed by atoms with Gasteiger partial charge in [0.15, 0.2) is 0 Å². The molecule has 0 radical (unpaired) electrons. The largest absolute Gasteiger partial charge is 0.376 e. The summed E-state index contributed by atoms with van der Waals surface area (Å²) in [5.74, 6) is 0. The number of hydrogen-bond acceptors (Lipinski definition) is 1. The average molecular weight is 439 g/mol. The van der Waals surface area contributed by atoms with E-state index in [1.54, 1.807) is 0 Å². The van der Waals surface area contributed by atoms with Crippen molar-refractivity contribution in [2.45, 2.75) is 154 Å². The molecule has 0 aromatic rings. The summed E-state index contributed by atoms with van der Waals surface area (Å²) in [6.07, 6.45) is 16.6. The molecule has 0 N–H and O–H groups in total. The molecule has 2 aliphatic rings. The monoisotopic (exact) mass is 438 g/mol. The zero-order valence-corrected chi connectivity index (χ0v) is 24.3. The van der Waals surface area contributed by atoms with E-state index in [4.69, 9.17) is 4.74 Å². The van der Waals surface area contributed by atoms with Gasteiger partial charge in [0.05, 0.1) is 29.5 Å². The minimum Gasteiger partial charge on any atom is -0.376 e. The summed E-state index contributed by atoms with van der Waals surface area (Å²) in [7, 11) is -0.625. The third-order valence-corrected chi connectivity index (χ3v) is 14.9. The minimum absolute atomic E-state index is 0.248. The zero-order valence-electron chi connectivity index (χ0n) is 21.5. The van der Waals surface area contributed by atoms with Gasteiger partial charge in [-0.05, 0) is 62.2 Å². The highest BCUT2D eigenvalue weighted by Gasteiger charge is 2.59. The predicted molar refractivity (Wildman–Crippen MR) is 137 cm³/mol. The molecule has 0 heterocycles. The summed E-state index contributed by atoms with van der Waals surface area (Å²) in [4.78, 5) is 0. The maximum atomic E-state index is 8.05. The molecule has 29 heavy (non-hydrogen) atoms. The molecule has 2 aliphatic carbocycles. The van der Waals surface area contributed by atoms with Crippen molar-refractivity contribution in [1.82, 2.24) is 0 Å². The standard InChI is InChI=1S/C26H54OSi2/c1-9-23(10-2)17-13-15-19-25(23,28-21(5)6)27-26(29-22(7)8)20-16-14-18-24(26,11-3)12-4/h21-22H,9-20,28-29H2,1-8H3. The molecule has 0 aromatic carbocycles. The summed E-state index contributed by atoms with van der Waals surface area (Å²) in [5.41, 5.74) is 2.60. The fraction of sp³-hybridized carbons (Fsp3) is 1.00. The highest BCUT2D eigenvalue weighted by molar-refractivity contribution is 6.44. The van der Waals surface area contributed by atoms with Crippen LogP contribution in [0.25, 0.3) is 0 Å². The van der Waals surface area contributed by atoms with Gasteiger partial charge in [0.1, 0.15) is 0 Å². The topological polar surface area (TPSA) is 9.23 Å². The lowest BCUT2D eigenvalue weighted by Gasteiger charge is -2.63. The summed E-state index contributed by atoms with van der Waals surface area (Å²) < 4.78 is 8.05. The Kier molecular flexibility index (Phi) is 9.15.